The van der Waals surface area contributed by atoms with Gasteiger partial charge in [0.25, 0.3) is 0 Å². The molecule has 2 aromatic rings. The number of nitrogens with zero attached hydrogens (tertiary/aromatic N) is 2. The van der Waals surface area contributed by atoms with Crippen molar-refractivity contribution < 1.29 is 37.4 Å². The fourth-order valence-electron chi connectivity index (χ4n) is 2.25. The van der Waals surface area contributed by atoms with Crippen LogP contribution in [0, 0.1) is 11.6 Å². The third-order valence-corrected chi connectivity index (χ3v) is 4.68. The van der Waals surface area contributed by atoms with Gasteiger partial charge in [0.2, 0.25) is 11.8 Å². The van der Waals surface area contributed by atoms with E-state index in [4.69, 9.17) is 34.8 Å². The van der Waals surface area contributed by atoms with Crippen molar-refractivity contribution in [3.05, 3.63) is 50.5 Å². The van der Waals surface area contributed by atoms with E-state index < -0.39 is 46.2 Å². The molecule has 2 rings (SSSR count). The number of esters is 2. The molecule has 2 amide bonds. The fourth-order valence-corrected chi connectivity index (χ4v) is 2.92. The van der Waals surface area contributed by atoms with Gasteiger partial charge in [0, 0.05) is 13.8 Å². The maximum Gasteiger partial charge on any atom is 0.358 e. The third kappa shape index (κ3) is 7.31. The molecule has 0 aromatic carbocycles. The van der Waals surface area contributed by atoms with Gasteiger partial charge in [0.1, 0.15) is 27.1 Å². The zero-order valence-corrected chi connectivity index (χ0v) is 20.8. The van der Waals surface area contributed by atoms with Gasteiger partial charge in [-0.1, -0.05) is 41.4 Å². The summed E-state index contributed by atoms with van der Waals surface area (Å²) in [7, 11) is 2.24. The van der Waals surface area contributed by atoms with Crippen molar-refractivity contribution in [2.45, 2.75) is 13.8 Å². The van der Waals surface area contributed by atoms with Crippen LogP contribution >= 0.6 is 34.8 Å². The van der Waals surface area contributed by atoms with Crippen LogP contribution < -0.4 is 10.6 Å². The summed E-state index contributed by atoms with van der Waals surface area (Å²) < 4.78 is 36.2. The van der Waals surface area contributed by atoms with Crippen LogP contribution in [-0.2, 0) is 19.1 Å². The van der Waals surface area contributed by atoms with Crippen molar-refractivity contribution in [2.75, 3.05) is 24.9 Å². The summed E-state index contributed by atoms with van der Waals surface area (Å²) in [5, 5.41) is 3.05. The van der Waals surface area contributed by atoms with Gasteiger partial charge in [0.05, 0.1) is 14.2 Å². The van der Waals surface area contributed by atoms with Crippen LogP contribution in [0.4, 0.5) is 20.2 Å². The Labute approximate surface area is 212 Å². The Kier molecular flexibility index (Phi) is 11.0. The van der Waals surface area contributed by atoms with Crippen LogP contribution in [0.1, 0.15) is 40.5 Å². The molecule has 0 aliphatic rings. The molecule has 10 nitrogen and oxygen atoms in total. The second-order valence-corrected chi connectivity index (χ2v) is 7.27. The Balaban J connectivity index is 0.000000351. The number of hydrogen-bond acceptors (Lipinski definition) is 8. The van der Waals surface area contributed by atoms with E-state index in [1.165, 1.54) is 6.92 Å². The number of carbonyl (C=O) groups excluding carboxylic acids is 4. The molecule has 0 fully saturated rings. The highest BCUT2D eigenvalue weighted by Gasteiger charge is 2.24. The molecule has 0 atom stereocenters. The number of methoxy groups -OCH3 is 2. The molecule has 0 bridgehead atoms. The SMILES string of the molecule is C=Cc1nc(C(=O)OC)c(Cl)c(NC(C)=O)c1F.COC(=O)c1nc(Cl)c(F)c(NC(C)=O)c1Cl. The summed E-state index contributed by atoms with van der Waals surface area (Å²) in [6.45, 7) is 5.69. The van der Waals surface area contributed by atoms with Gasteiger partial charge in [0.15, 0.2) is 28.2 Å². The summed E-state index contributed by atoms with van der Waals surface area (Å²) >= 11 is 17.0. The quantitative estimate of drug-likeness (QED) is 0.407. The van der Waals surface area contributed by atoms with E-state index in [0.717, 1.165) is 27.2 Å². The van der Waals surface area contributed by atoms with Crippen LogP contribution in [-0.4, -0.2) is 47.9 Å². The number of aromatic nitrogens is 2. The molecule has 2 N–H and O–H groups in total. The minimum absolute atomic E-state index is 0.205. The lowest BCUT2D eigenvalue weighted by atomic mass is 10.2. The lowest BCUT2D eigenvalue weighted by Crippen LogP contribution is -2.14. The van der Waals surface area contributed by atoms with Crippen molar-refractivity contribution in [2.24, 2.45) is 0 Å². The number of amides is 2. The standard InChI is InChI=1S/C11H10ClFN2O3.C9H7Cl2FN2O3/c1-4-6-8(13)9(14-5(2)16)7(12)10(15-6)11(17)18-3;1-3(15)13-6-4(10)7(9(16)17-2)14-8(11)5(6)12/h4H,1H2,2-3H3,(H,14,15,16);1-2H3,(H,13,14,15). The van der Waals surface area contributed by atoms with Crippen LogP contribution in [0.2, 0.25) is 15.2 Å². The highest BCUT2D eigenvalue weighted by Crippen LogP contribution is 2.32. The molecule has 0 unspecified atom stereocenters. The van der Waals surface area contributed by atoms with Crippen LogP contribution in [0.25, 0.3) is 6.08 Å². The predicted molar refractivity (Wildman–Crippen MR) is 125 cm³/mol. The van der Waals surface area contributed by atoms with Gasteiger partial charge >= 0.3 is 11.9 Å². The molecule has 2 heterocycles. The number of rotatable bonds is 5. The van der Waals surface area contributed by atoms with E-state index in [9.17, 15) is 28.0 Å². The van der Waals surface area contributed by atoms with Crippen molar-refractivity contribution in [3.8, 4) is 0 Å². The Morgan fingerprint density at radius 2 is 1.23 bits per heavy atom. The second-order valence-electron chi connectivity index (χ2n) is 6.15. The number of anilines is 2. The van der Waals surface area contributed by atoms with Crippen molar-refractivity contribution in [3.63, 3.8) is 0 Å². The molecular weight excluding hydrogens is 537 g/mol. The van der Waals surface area contributed by atoms with Crippen molar-refractivity contribution in [1.82, 2.24) is 9.97 Å². The fraction of sp³-hybridized carbons (Fsp3) is 0.200. The number of pyridine rings is 2. The molecule has 188 valence electrons. The molecule has 0 radical (unpaired) electrons. The van der Waals surface area contributed by atoms with Crippen LogP contribution in [0.15, 0.2) is 6.58 Å². The molecule has 0 saturated heterocycles. The molecule has 15 heteroatoms. The minimum atomic E-state index is -1.01. The Morgan fingerprint density at radius 3 is 1.60 bits per heavy atom. The lowest BCUT2D eigenvalue weighted by Gasteiger charge is -2.11. The molecule has 0 saturated carbocycles. The average molecular weight is 554 g/mol. The first-order valence-electron chi connectivity index (χ1n) is 9.08. The molecular formula is C20H17Cl3F2N4O6. The van der Waals surface area contributed by atoms with E-state index in [-0.39, 0.29) is 32.8 Å². The number of ether oxygens (including phenoxy) is 2. The van der Waals surface area contributed by atoms with E-state index in [0.29, 0.717) is 0 Å². The first-order chi connectivity index (χ1) is 16.3. The first-order valence-corrected chi connectivity index (χ1v) is 10.2. The second kappa shape index (κ2) is 12.9. The molecule has 0 aliphatic carbocycles. The largest absolute Gasteiger partial charge is 0.464 e. The normalized spacial score (nSPS) is 9.86. The Hall–Kier alpha value is -3.35. The number of carbonyl (C=O) groups is 4. The smallest absolute Gasteiger partial charge is 0.358 e. The van der Waals surface area contributed by atoms with Gasteiger partial charge in [-0.3, -0.25) is 9.59 Å². The summed E-state index contributed by atoms with van der Waals surface area (Å²) in [5.41, 5.74) is -1.60. The molecule has 2 aromatic heterocycles. The third-order valence-electron chi connectivity index (χ3n) is 3.69. The predicted octanol–water partition coefficient (Wildman–Crippen LogP) is 4.53. The van der Waals surface area contributed by atoms with E-state index in [2.05, 4.69) is 36.7 Å². The first kappa shape index (κ1) is 29.7. The highest BCUT2D eigenvalue weighted by atomic mass is 35.5. The summed E-state index contributed by atoms with van der Waals surface area (Å²) in [6, 6.07) is 0. The van der Waals surface area contributed by atoms with Gasteiger partial charge < -0.3 is 20.1 Å². The maximum absolute atomic E-state index is 13.9. The maximum atomic E-state index is 13.9. The lowest BCUT2D eigenvalue weighted by molar-refractivity contribution is -0.115. The number of nitrogens with one attached hydrogen (secondary N) is 2. The topological polar surface area (TPSA) is 137 Å². The Bertz CT molecular complexity index is 1210. The monoisotopic (exact) mass is 552 g/mol. The van der Waals surface area contributed by atoms with Gasteiger partial charge in [-0.25, -0.2) is 28.3 Å². The summed E-state index contributed by atoms with van der Waals surface area (Å²) in [4.78, 5) is 51.6. The summed E-state index contributed by atoms with van der Waals surface area (Å²) in [6.07, 6.45) is 1.10. The number of halogens is 5. The minimum Gasteiger partial charge on any atom is -0.464 e. The number of hydrogen-bond donors (Lipinski definition) is 2. The highest BCUT2D eigenvalue weighted by molar-refractivity contribution is 6.38. The van der Waals surface area contributed by atoms with Crippen LogP contribution in [0.3, 0.4) is 0 Å². The van der Waals surface area contributed by atoms with E-state index in [1.54, 1.807) is 0 Å². The molecule has 0 spiro atoms. The average Bonchev–Trinajstić information content (AvgIpc) is 2.81. The zero-order chi connectivity index (χ0) is 27.0. The Morgan fingerprint density at radius 1 is 0.829 bits per heavy atom. The molecule has 35 heavy (non-hydrogen) atoms. The van der Waals surface area contributed by atoms with Crippen LogP contribution in [0.5, 0.6) is 0 Å². The van der Waals surface area contributed by atoms with Gasteiger partial charge in [-0.05, 0) is 6.08 Å². The van der Waals surface area contributed by atoms with E-state index >= 15 is 0 Å². The zero-order valence-electron chi connectivity index (χ0n) is 18.5. The van der Waals surface area contributed by atoms with Crippen molar-refractivity contribution in [1.29, 1.82) is 0 Å². The van der Waals surface area contributed by atoms with Crippen molar-refractivity contribution >= 4 is 76.0 Å². The molecule has 0 aliphatic heterocycles. The van der Waals surface area contributed by atoms with Gasteiger partial charge in [-0.2, -0.15) is 0 Å². The summed E-state index contributed by atoms with van der Waals surface area (Å²) in [5.74, 6) is -4.70. The van der Waals surface area contributed by atoms with E-state index in [1.807, 2.05) is 0 Å². The van der Waals surface area contributed by atoms with Gasteiger partial charge in [-0.15, -0.1) is 0 Å².